The number of H-pyrrole nitrogens is 1. The van der Waals surface area contributed by atoms with Crippen LogP contribution in [0.4, 0.5) is 0 Å². The molecule has 0 radical (unpaired) electrons. The van der Waals surface area contributed by atoms with Crippen LogP contribution in [0.15, 0.2) is 18.2 Å². The Kier molecular flexibility index (Phi) is 4.45. The average Bonchev–Trinajstić information content (AvgIpc) is 2.79. The van der Waals surface area contributed by atoms with E-state index in [1.54, 1.807) is 7.11 Å². The molecule has 108 valence electrons. The lowest BCUT2D eigenvalue weighted by Crippen LogP contribution is -2.03. The van der Waals surface area contributed by atoms with Crippen molar-refractivity contribution in [1.29, 1.82) is 0 Å². The molecular weight excluding hydrogens is 250 g/mol. The fourth-order valence-electron chi connectivity index (χ4n) is 2.30. The number of aromatic nitrogens is 2. The van der Waals surface area contributed by atoms with Crippen molar-refractivity contribution in [3.05, 3.63) is 35.3 Å². The first-order valence-electron chi connectivity index (χ1n) is 7.00. The summed E-state index contributed by atoms with van der Waals surface area (Å²) in [6.07, 6.45) is 0.757. The van der Waals surface area contributed by atoms with E-state index < -0.39 is 0 Å². The number of rotatable bonds is 5. The molecule has 0 amide bonds. The maximum absolute atomic E-state index is 5.58. The first kappa shape index (κ1) is 14.6. The van der Waals surface area contributed by atoms with Crippen LogP contribution in [0.3, 0.4) is 0 Å². The minimum Gasteiger partial charge on any atom is -0.496 e. The predicted molar refractivity (Wildman–Crippen MR) is 82.2 cm³/mol. The van der Waals surface area contributed by atoms with Gasteiger partial charge in [0.05, 0.1) is 12.8 Å². The number of nitrogens with one attached hydrogen (secondary N) is 1. The molecule has 0 atom stereocenters. The van der Waals surface area contributed by atoms with Gasteiger partial charge in [-0.1, -0.05) is 19.9 Å². The van der Waals surface area contributed by atoms with Crippen molar-refractivity contribution >= 4 is 0 Å². The summed E-state index contributed by atoms with van der Waals surface area (Å²) in [4.78, 5) is 7.92. The molecule has 0 aliphatic rings. The third-order valence-corrected chi connectivity index (χ3v) is 3.46. The van der Waals surface area contributed by atoms with Crippen LogP contribution in [-0.2, 0) is 6.42 Å². The van der Waals surface area contributed by atoms with Crippen LogP contribution in [0.25, 0.3) is 11.3 Å². The van der Waals surface area contributed by atoms with Crippen LogP contribution in [0, 0.1) is 6.92 Å². The second kappa shape index (κ2) is 6.09. The number of benzene rings is 1. The van der Waals surface area contributed by atoms with Gasteiger partial charge in [0.25, 0.3) is 0 Å². The Morgan fingerprint density at radius 3 is 2.70 bits per heavy atom. The normalized spacial score (nSPS) is 11.1. The maximum Gasteiger partial charge on any atom is 0.128 e. The Morgan fingerprint density at radius 1 is 1.35 bits per heavy atom. The number of hydrogen-bond donors (Lipinski definition) is 2. The molecule has 3 N–H and O–H groups in total. The van der Waals surface area contributed by atoms with E-state index >= 15 is 0 Å². The van der Waals surface area contributed by atoms with Crippen molar-refractivity contribution in [3.8, 4) is 17.0 Å². The number of aromatic amines is 1. The summed E-state index contributed by atoms with van der Waals surface area (Å²) in [6, 6.07) is 6.32. The summed E-state index contributed by atoms with van der Waals surface area (Å²) in [5.74, 6) is 2.27. The summed E-state index contributed by atoms with van der Waals surface area (Å²) in [5, 5.41) is 0. The molecule has 2 rings (SSSR count). The average molecular weight is 273 g/mol. The molecule has 0 saturated carbocycles. The predicted octanol–water partition coefficient (Wildman–Crippen LogP) is 3.02. The highest BCUT2D eigenvalue weighted by Gasteiger charge is 2.14. The molecule has 0 saturated heterocycles. The van der Waals surface area contributed by atoms with Gasteiger partial charge in [0, 0.05) is 17.7 Å². The van der Waals surface area contributed by atoms with Crippen LogP contribution in [0.2, 0.25) is 0 Å². The number of methoxy groups -OCH3 is 1. The number of ether oxygens (including phenoxy) is 1. The van der Waals surface area contributed by atoms with Crippen molar-refractivity contribution in [1.82, 2.24) is 9.97 Å². The number of aryl methyl sites for hydroxylation is 1. The first-order chi connectivity index (χ1) is 9.56. The molecule has 0 aliphatic carbocycles. The molecule has 2 aromatic rings. The van der Waals surface area contributed by atoms with Crippen molar-refractivity contribution in [2.45, 2.75) is 33.1 Å². The Balaban J connectivity index is 2.46. The zero-order valence-corrected chi connectivity index (χ0v) is 12.7. The number of imidazole rings is 1. The molecule has 1 heterocycles. The Labute approximate surface area is 120 Å². The topological polar surface area (TPSA) is 63.9 Å². The summed E-state index contributed by atoms with van der Waals surface area (Å²) >= 11 is 0. The van der Waals surface area contributed by atoms with Crippen molar-refractivity contribution in [3.63, 3.8) is 0 Å². The van der Waals surface area contributed by atoms with Gasteiger partial charge < -0.3 is 15.5 Å². The van der Waals surface area contributed by atoms with Gasteiger partial charge in [-0.2, -0.15) is 0 Å². The number of nitrogens with two attached hydrogens (primary N) is 1. The van der Waals surface area contributed by atoms with Gasteiger partial charge in [-0.05, 0) is 37.1 Å². The minimum atomic E-state index is 0.478. The largest absolute Gasteiger partial charge is 0.496 e. The van der Waals surface area contributed by atoms with Crippen molar-refractivity contribution in [2.75, 3.05) is 13.7 Å². The zero-order chi connectivity index (χ0) is 14.7. The fraction of sp³-hybridized carbons (Fsp3) is 0.438. The van der Waals surface area contributed by atoms with Crippen LogP contribution < -0.4 is 10.5 Å². The molecule has 0 unspecified atom stereocenters. The lowest BCUT2D eigenvalue weighted by Gasteiger charge is -2.12. The fourth-order valence-corrected chi connectivity index (χ4v) is 2.30. The Morgan fingerprint density at radius 2 is 2.10 bits per heavy atom. The highest BCUT2D eigenvalue weighted by molar-refractivity contribution is 5.70. The van der Waals surface area contributed by atoms with E-state index in [1.807, 2.05) is 6.92 Å². The lowest BCUT2D eigenvalue weighted by molar-refractivity contribution is 0.415. The Bertz CT molecular complexity index is 587. The van der Waals surface area contributed by atoms with Gasteiger partial charge >= 0.3 is 0 Å². The molecule has 0 spiro atoms. The third kappa shape index (κ3) is 2.85. The Hall–Kier alpha value is -1.81. The van der Waals surface area contributed by atoms with Crippen LogP contribution in [-0.4, -0.2) is 23.6 Å². The second-order valence-corrected chi connectivity index (χ2v) is 5.31. The molecule has 0 aliphatic heterocycles. The van der Waals surface area contributed by atoms with Gasteiger partial charge in [-0.25, -0.2) is 4.98 Å². The van der Waals surface area contributed by atoms with E-state index in [9.17, 15) is 0 Å². The zero-order valence-electron chi connectivity index (χ0n) is 12.7. The molecule has 4 nitrogen and oxygen atoms in total. The lowest BCUT2D eigenvalue weighted by atomic mass is 9.99. The molecule has 4 heteroatoms. The minimum absolute atomic E-state index is 0.478. The molecule has 1 aromatic carbocycles. The second-order valence-electron chi connectivity index (χ2n) is 5.31. The SMILES string of the molecule is COc1cc(C(C)C)ccc1-c1nc(CCN)[nH]c1C. The van der Waals surface area contributed by atoms with Gasteiger partial charge in [0.15, 0.2) is 0 Å². The first-order valence-corrected chi connectivity index (χ1v) is 7.00. The maximum atomic E-state index is 5.58. The van der Waals surface area contributed by atoms with E-state index in [0.29, 0.717) is 12.5 Å². The number of nitrogens with zero attached hydrogens (tertiary/aromatic N) is 1. The summed E-state index contributed by atoms with van der Waals surface area (Å²) in [5.41, 5.74) is 9.86. The number of hydrogen-bond acceptors (Lipinski definition) is 3. The highest BCUT2D eigenvalue weighted by atomic mass is 16.5. The van der Waals surface area contributed by atoms with Crippen LogP contribution >= 0.6 is 0 Å². The van der Waals surface area contributed by atoms with Crippen LogP contribution in [0.5, 0.6) is 5.75 Å². The van der Waals surface area contributed by atoms with E-state index in [2.05, 4.69) is 42.0 Å². The quantitative estimate of drug-likeness (QED) is 0.880. The van der Waals surface area contributed by atoms with E-state index in [0.717, 1.165) is 34.9 Å². The van der Waals surface area contributed by atoms with Crippen LogP contribution in [0.1, 0.15) is 36.8 Å². The van der Waals surface area contributed by atoms with Crippen molar-refractivity contribution < 1.29 is 4.74 Å². The summed E-state index contributed by atoms with van der Waals surface area (Å²) in [6.45, 7) is 6.97. The van der Waals surface area contributed by atoms with Gasteiger partial charge in [0.2, 0.25) is 0 Å². The standard InChI is InChI=1S/C16H23N3O/c1-10(2)12-5-6-13(14(9-12)20-4)16-11(3)18-15(19-16)7-8-17/h5-6,9-10H,7-8,17H2,1-4H3,(H,18,19). The molecule has 20 heavy (non-hydrogen) atoms. The smallest absolute Gasteiger partial charge is 0.128 e. The van der Waals surface area contributed by atoms with Crippen molar-refractivity contribution in [2.24, 2.45) is 5.73 Å². The van der Waals surface area contributed by atoms with Gasteiger partial charge in [0.1, 0.15) is 11.6 Å². The monoisotopic (exact) mass is 273 g/mol. The molecule has 1 aromatic heterocycles. The third-order valence-electron chi connectivity index (χ3n) is 3.46. The van der Waals surface area contributed by atoms with E-state index in [1.165, 1.54) is 5.56 Å². The summed E-state index contributed by atoms with van der Waals surface area (Å²) in [7, 11) is 1.70. The molecule has 0 bridgehead atoms. The molecular formula is C16H23N3O. The summed E-state index contributed by atoms with van der Waals surface area (Å²) < 4.78 is 5.54. The highest BCUT2D eigenvalue weighted by Crippen LogP contribution is 2.33. The van der Waals surface area contributed by atoms with Gasteiger partial charge in [-0.3, -0.25) is 0 Å². The van der Waals surface area contributed by atoms with E-state index in [4.69, 9.17) is 10.5 Å². The van der Waals surface area contributed by atoms with Gasteiger partial charge in [-0.15, -0.1) is 0 Å². The molecule has 0 fully saturated rings. The van der Waals surface area contributed by atoms with E-state index in [-0.39, 0.29) is 0 Å².